The molecule has 2 saturated heterocycles. The van der Waals surface area contributed by atoms with Crippen LogP contribution in [0.3, 0.4) is 0 Å². The lowest BCUT2D eigenvalue weighted by molar-refractivity contribution is -0.136. The summed E-state index contributed by atoms with van der Waals surface area (Å²) < 4.78 is 5.02. The van der Waals surface area contributed by atoms with E-state index in [1.807, 2.05) is 18.3 Å². The zero-order chi connectivity index (χ0) is 19.8. The van der Waals surface area contributed by atoms with Gasteiger partial charge in [0.05, 0.1) is 17.8 Å². The van der Waals surface area contributed by atoms with Crippen LogP contribution in [-0.4, -0.2) is 76.6 Å². The third kappa shape index (κ3) is 4.12. The average Bonchev–Trinajstić information content (AvgIpc) is 3.24. The molecular formula is C21H28N6O2. The number of carbonyl (C=O) groups excluding carboxylic acids is 1. The fraction of sp³-hybridized carbons (Fsp3) is 0.619. The van der Waals surface area contributed by atoms with E-state index >= 15 is 0 Å². The maximum atomic E-state index is 13.0. The summed E-state index contributed by atoms with van der Waals surface area (Å²) in [5.41, 5.74) is 1.74. The highest BCUT2D eigenvalue weighted by Gasteiger charge is 2.34. The molecule has 3 aliphatic rings. The van der Waals surface area contributed by atoms with Gasteiger partial charge in [-0.1, -0.05) is 5.16 Å². The highest BCUT2D eigenvalue weighted by Crippen LogP contribution is 2.30. The molecule has 1 amide bonds. The van der Waals surface area contributed by atoms with Gasteiger partial charge in [0.2, 0.25) is 17.6 Å². The number of aromatic nitrogens is 3. The van der Waals surface area contributed by atoms with Gasteiger partial charge in [-0.3, -0.25) is 14.7 Å². The molecule has 8 nitrogen and oxygen atoms in total. The van der Waals surface area contributed by atoms with E-state index in [0.29, 0.717) is 23.3 Å². The van der Waals surface area contributed by atoms with Crippen LogP contribution in [0, 0.1) is 18.8 Å². The Labute approximate surface area is 170 Å². The number of pyridine rings is 1. The maximum absolute atomic E-state index is 13.0. The molecule has 2 aromatic heterocycles. The Morgan fingerprint density at radius 2 is 1.97 bits per heavy atom. The fourth-order valence-electron chi connectivity index (χ4n) is 4.38. The fourth-order valence-corrected chi connectivity index (χ4v) is 4.38. The predicted octanol–water partition coefficient (Wildman–Crippen LogP) is 1.82. The quantitative estimate of drug-likeness (QED) is 0.763. The van der Waals surface area contributed by atoms with Gasteiger partial charge in [0.15, 0.2) is 0 Å². The summed E-state index contributed by atoms with van der Waals surface area (Å²) in [5.74, 6) is 2.36. The van der Waals surface area contributed by atoms with Gasteiger partial charge in [-0.25, -0.2) is 0 Å². The predicted molar refractivity (Wildman–Crippen MR) is 108 cm³/mol. The van der Waals surface area contributed by atoms with Crippen LogP contribution in [0.2, 0.25) is 0 Å². The van der Waals surface area contributed by atoms with E-state index in [9.17, 15) is 4.79 Å². The number of anilines is 1. The average molecular weight is 396 g/mol. The first kappa shape index (κ1) is 18.5. The first-order valence-electron chi connectivity index (χ1n) is 10.7. The topological polar surface area (TPSA) is 78.6 Å². The van der Waals surface area contributed by atoms with E-state index in [4.69, 9.17) is 4.52 Å². The summed E-state index contributed by atoms with van der Waals surface area (Å²) in [6.07, 6.45) is 5.53. The highest BCUT2D eigenvalue weighted by atomic mass is 16.5. The lowest BCUT2D eigenvalue weighted by atomic mass is 10.1. The van der Waals surface area contributed by atoms with Crippen molar-refractivity contribution in [3.63, 3.8) is 0 Å². The summed E-state index contributed by atoms with van der Waals surface area (Å²) >= 11 is 0. The van der Waals surface area contributed by atoms with Crippen molar-refractivity contribution in [1.82, 2.24) is 24.9 Å². The van der Waals surface area contributed by atoms with Crippen molar-refractivity contribution in [2.45, 2.75) is 26.2 Å². The minimum absolute atomic E-state index is 0.0875. The van der Waals surface area contributed by atoms with Crippen molar-refractivity contribution < 1.29 is 9.32 Å². The molecule has 4 heterocycles. The number of rotatable bonds is 5. The molecular weight excluding hydrogens is 368 g/mol. The summed E-state index contributed by atoms with van der Waals surface area (Å²) in [5, 5.41) is 3.91. The van der Waals surface area contributed by atoms with Crippen molar-refractivity contribution in [3.05, 3.63) is 24.2 Å². The normalized spacial score (nSPS) is 23.0. The van der Waals surface area contributed by atoms with Gasteiger partial charge in [-0.05, 0) is 37.3 Å². The van der Waals surface area contributed by atoms with Crippen LogP contribution in [0.25, 0.3) is 11.5 Å². The summed E-state index contributed by atoms with van der Waals surface area (Å²) in [6, 6.07) is 3.94. The Morgan fingerprint density at radius 3 is 2.62 bits per heavy atom. The molecule has 8 heteroatoms. The smallest absolute Gasteiger partial charge is 0.227 e. The Hall–Kier alpha value is -2.48. The number of amides is 1. The van der Waals surface area contributed by atoms with E-state index in [0.717, 1.165) is 57.3 Å². The molecule has 5 rings (SSSR count). The Morgan fingerprint density at radius 1 is 1.14 bits per heavy atom. The summed E-state index contributed by atoms with van der Waals surface area (Å²) in [6.45, 7) is 8.46. The van der Waals surface area contributed by atoms with E-state index in [-0.39, 0.29) is 5.92 Å². The largest absolute Gasteiger partial charge is 0.369 e. The lowest BCUT2D eigenvalue weighted by Crippen LogP contribution is -2.51. The van der Waals surface area contributed by atoms with Crippen LogP contribution in [0.5, 0.6) is 0 Å². The van der Waals surface area contributed by atoms with Crippen molar-refractivity contribution in [1.29, 1.82) is 0 Å². The second-order valence-corrected chi connectivity index (χ2v) is 8.54. The number of carbonyl (C=O) groups is 1. The van der Waals surface area contributed by atoms with Crippen LogP contribution in [0.4, 0.5) is 5.69 Å². The Kier molecular flexibility index (Phi) is 4.95. The molecule has 154 valence electrons. The molecule has 0 unspecified atom stereocenters. The number of hydrogen-bond donors (Lipinski definition) is 0. The molecule has 0 spiro atoms. The molecule has 0 bridgehead atoms. The molecule has 29 heavy (non-hydrogen) atoms. The van der Waals surface area contributed by atoms with E-state index in [1.54, 1.807) is 6.92 Å². The van der Waals surface area contributed by atoms with Crippen LogP contribution in [0.15, 0.2) is 22.9 Å². The number of aryl methyl sites for hydroxylation is 1. The van der Waals surface area contributed by atoms with Crippen LogP contribution in [-0.2, 0) is 4.79 Å². The second-order valence-electron chi connectivity index (χ2n) is 8.54. The first-order valence-corrected chi connectivity index (χ1v) is 10.7. The molecule has 1 aliphatic carbocycles. The van der Waals surface area contributed by atoms with E-state index in [2.05, 4.69) is 29.8 Å². The molecule has 2 aromatic rings. The molecule has 1 atom stereocenters. The monoisotopic (exact) mass is 396 g/mol. The SMILES string of the molecule is Cc1nc(-c2ccc(N3CC[C@H](C(=O)N4CCN(CC5CC5)CC4)C3)cn2)no1. The van der Waals surface area contributed by atoms with Gasteiger partial charge < -0.3 is 14.3 Å². The van der Waals surface area contributed by atoms with E-state index < -0.39 is 0 Å². The Balaban J connectivity index is 1.15. The van der Waals surface area contributed by atoms with Crippen molar-refractivity contribution in [3.8, 4) is 11.5 Å². The van der Waals surface area contributed by atoms with Crippen molar-refractivity contribution >= 4 is 11.6 Å². The minimum atomic E-state index is 0.0875. The molecule has 1 saturated carbocycles. The highest BCUT2D eigenvalue weighted by molar-refractivity contribution is 5.80. The van der Waals surface area contributed by atoms with Gasteiger partial charge in [-0.15, -0.1) is 0 Å². The molecule has 2 aliphatic heterocycles. The second kappa shape index (κ2) is 7.74. The van der Waals surface area contributed by atoms with Gasteiger partial charge >= 0.3 is 0 Å². The standard InChI is InChI=1S/C21H28N6O2/c1-15-23-20(24-29-15)19-5-4-18(12-22-19)27-7-6-17(14-27)21(28)26-10-8-25(9-11-26)13-16-2-3-16/h4-5,12,16-17H,2-3,6-11,13-14H2,1H3/t17-/m0/s1. The zero-order valence-corrected chi connectivity index (χ0v) is 17.0. The molecule has 0 radical (unpaired) electrons. The zero-order valence-electron chi connectivity index (χ0n) is 17.0. The van der Waals surface area contributed by atoms with Gasteiger partial charge in [0, 0.05) is 52.7 Å². The molecule has 0 aromatic carbocycles. The Bertz CT molecular complexity index is 854. The third-order valence-electron chi connectivity index (χ3n) is 6.30. The minimum Gasteiger partial charge on any atom is -0.369 e. The molecule has 3 fully saturated rings. The maximum Gasteiger partial charge on any atom is 0.227 e. The lowest BCUT2D eigenvalue weighted by Gasteiger charge is -2.36. The van der Waals surface area contributed by atoms with Crippen molar-refractivity contribution in [2.75, 3.05) is 50.7 Å². The van der Waals surface area contributed by atoms with Gasteiger partial charge in [0.25, 0.3) is 0 Å². The number of nitrogens with zero attached hydrogens (tertiary/aromatic N) is 6. The van der Waals surface area contributed by atoms with Gasteiger partial charge in [-0.2, -0.15) is 4.98 Å². The third-order valence-corrected chi connectivity index (χ3v) is 6.30. The van der Waals surface area contributed by atoms with Crippen molar-refractivity contribution in [2.24, 2.45) is 11.8 Å². The van der Waals surface area contributed by atoms with Crippen LogP contribution < -0.4 is 4.90 Å². The number of piperazine rings is 1. The van der Waals surface area contributed by atoms with Crippen LogP contribution >= 0.6 is 0 Å². The van der Waals surface area contributed by atoms with Crippen LogP contribution in [0.1, 0.15) is 25.2 Å². The summed E-state index contributed by atoms with van der Waals surface area (Å²) in [7, 11) is 0. The van der Waals surface area contributed by atoms with Gasteiger partial charge in [0.1, 0.15) is 5.69 Å². The van der Waals surface area contributed by atoms with E-state index in [1.165, 1.54) is 19.4 Å². The first-order chi connectivity index (χ1) is 14.2. The molecule has 0 N–H and O–H groups in total. The summed E-state index contributed by atoms with van der Waals surface area (Å²) in [4.78, 5) is 28.5. The number of hydrogen-bond acceptors (Lipinski definition) is 7.